The number of hydrogen-bond acceptors (Lipinski definition) is 2. The molecule has 1 fully saturated rings. The van der Waals surface area contributed by atoms with E-state index in [4.69, 9.17) is 5.73 Å². The van der Waals surface area contributed by atoms with Crippen molar-refractivity contribution in [3.8, 4) is 0 Å². The largest absolute Gasteiger partial charge is 0.330 e. The van der Waals surface area contributed by atoms with Gasteiger partial charge in [0.15, 0.2) is 0 Å². The van der Waals surface area contributed by atoms with Gasteiger partial charge in [-0.25, -0.2) is 0 Å². The molecule has 1 saturated heterocycles. The standard InChI is InChI=1S/C19H30N2/c1-2-21-11-9-16(10-12-21)19(14-20)18-8-7-15-5-3-4-6-17(15)13-18/h7-8,13,16,19H,2-6,9-12,14,20H2,1H3. The second kappa shape index (κ2) is 6.93. The summed E-state index contributed by atoms with van der Waals surface area (Å²) < 4.78 is 0. The zero-order chi connectivity index (χ0) is 14.7. The van der Waals surface area contributed by atoms with Crippen LogP contribution in [-0.4, -0.2) is 31.1 Å². The van der Waals surface area contributed by atoms with Crippen LogP contribution in [0.3, 0.4) is 0 Å². The van der Waals surface area contributed by atoms with Crippen molar-refractivity contribution in [3.63, 3.8) is 0 Å². The summed E-state index contributed by atoms with van der Waals surface area (Å²) >= 11 is 0. The summed E-state index contributed by atoms with van der Waals surface area (Å²) in [5.74, 6) is 1.34. The van der Waals surface area contributed by atoms with Gasteiger partial charge in [-0.1, -0.05) is 25.1 Å². The minimum absolute atomic E-state index is 0.566. The molecule has 2 aliphatic rings. The predicted molar refractivity (Wildman–Crippen MR) is 89.7 cm³/mol. The molecule has 0 bridgehead atoms. The van der Waals surface area contributed by atoms with E-state index in [9.17, 15) is 0 Å². The predicted octanol–water partition coefficient (Wildman–Crippen LogP) is 3.34. The van der Waals surface area contributed by atoms with Crippen LogP contribution in [0.15, 0.2) is 18.2 Å². The van der Waals surface area contributed by atoms with Gasteiger partial charge in [0.1, 0.15) is 0 Å². The van der Waals surface area contributed by atoms with Crippen LogP contribution < -0.4 is 5.73 Å². The summed E-state index contributed by atoms with van der Waals surface area (Å²) in [6.07, 6.45) is 7.90. The molecule has 3 rings (SSSR count). The first-order valence-electron chi connectivity index (χ1n) is 8.86. The maximum absolute atomic E-state index is 6.17. The van der Waals surface area contributed by atoms with Crippen molar-refractivity contribution in [2.75, 3.05) is 26.2 Å². The van der Waals surface area contributed by atoms with Crippen molar-refractivity contribution in [1.82, 2.24) is 4.90 Å². The molecule has 1 aromatic rings. The normalized spacial score (nSPS) is 22.0. The molecule has 0 aromatic heterocycles. The fraction of sp³-hybridized carbons (Fsp3) is 0.684. The molecule has 21 heavy (non-hydrogen) atoms. The highest BCUT2D eigenvalue weighted by Crippen LogP contribution is 2.34. The molecule has 2 N–H and O–H groups in total. The number of fused-ring (bicyclic) bond motifs is 1. The van der Waals surface area contributed by atoms with E-state index in [1.807, 2.05) is 0 Å². The van der Waals surface area contributed by atoms with Gasteiger partial charge in [0.05, 0.1) is 0 Å². The van der Waals surface area contributed by atoms with Crippen LogP contribution in [0, 0.1) is 5.92 Å². The molecule has 1 unspecified atom stereocenters. The van der Waals surface area contributed by atoms with E-state index in [-0.39, 0.29) is 0 Å². The number of aryl methyl sites for hydroxylation is 2. The number of piperidine rings is 1. The van der Waals surface area contributed by atoms with Crippen molar-refractivity contribution < 1.29 is 0 Å². The molecule has 2 heteroatoms. The average molecular weight is 286 g/mol. The van der Waals surface area contributed by atoms with Crippen molar-refractivity contribution in [1.29, 1.82) is 0 Å². The maximum atomic E-state index is 6.17. The minimum atomic E-state index is 0.566. The van der Waals surface area contributed by atoms with Gasteiger partial charge in [-0.15, -0.1) is 0 Å². The van der Waals surface area contributed by atoms with E-state index in [1.54, 1.807) is 11.1 Å². The van der Waals surface area contributed by atoms with Crippen LogP contribution in [0.25, 0.3) is 0 Å². The van der Waals surface area contributed by atoms with Crippen LogP contribution in [0.4, 0.5) is 0 Å². The van der Waals surface area contributed by atoms with Crippen molar-refractivity contribution >= 4 is 0 Å². The molecule has 1 aliphatic carbocycles. The summed E-state index contributed by atoms with van der Waals surface area (Å²) in [6.45, 7) is 6.77. The Kier molecular flexibility index (Phi) is 4.97. The van der Waals surface area contributed by atoms with E-state index in [2.05, 4.69) is 30.0 Å². The lowest BCUT2D eigenvalue weighted by Crippen LogP contribution is -2.37. The molecule has 0 amide bonds. The second-order valence-electron chi connectivity index (χ2n) is 6.85. The van der Waals surface area contributed by atoms with Crippen LogP contribution >= 0.6 is 0 Å². The van der Waals surface area contributed by atoms with E-state index in [0.717, 1.165) is 12.5 Å². The smallest absolute Gasteiger partial charge is 0.000555 e. The monoisotopic (exact) mass is 286 g/mol. The Hall–Kier alpha value is -0.860. The fourth-order valence-corrected chi connectivity index (χ4v) is 4.26. The Morgan fingerprint density at radius 2 is 1.86 bits per heavy atom. The molecule has 0 spiro atoms. The van der Waals surface area contributed by atoms with Crippen molar-refractivity contribution in [3.05, 3.63) is 34.9 Å². The molecule has 1 heterocycles. The summed E-state index contributed by atoms with van der Waals surface area (Å²) in [6, 6.07) is 7.24. The lowest BCUT2D eigenvalue weighted by Gasteiger charge is -2.35. The SMILES string of the molecule is CCN1CCC(C(CN)c2ccc3c(c2)CCCC3)CC1. The van der Waals surface area contributed by atoms with Gasteiger partial charge in [-0.05, 0) is 93.2 Å². The first-order chi connectivity index (χ1) is 10.3. The number of likely N-dealkylation sites (tertiary alicyclic amines) is 1. The molecule has 1 aliphatic heterocycles. The van der Waals surface area contributed by atoms with Crippen molar-refractivity contribution in [2.45, 2.75) is 51.4 Å². The Morgan fingerprint density at radius 3 is 2.52 bits per heavy atom. The molecule has 0 saturated carbocycles. The van der Waals surface area contributed by atoms with E-state index < -0.39 is 0 Å². The van der Waals surface area contributed by atoms with E-state index in [0.29, 0.717) is 5.92 Å². The van der Waals surface area contributed by atoms with E-state index in [1.165, 1.54) is 63.7 Å². The van der Waals surface area contributed by atoms with Gasteiger partial charge in [-0.2, -0.15) is 0 Å². The zero-order valence-corrected chi connectivity index (χ0v) is 13.5. The van der Waals surface area contributed by atoms with Crippen LogP contribution in [0.2, 0.25) is 0 Å². The zero-order valence-electron chi connectivity index (χ0n) is 13.5. The molecule has 0 radical (unpaired) electrons. The lowest BCUT2D eigenvalue weighted by molar-refractivity contribution is 0.176. The highest BCUT2D eigenvalue weighted by Gasteiger charge is 2.26. The third kappa shape index (κ3) is 3.32. The number of rotatable bonds is 4. The topological polar surface area (TPSA) is 29.3 Å². The third-order valence-corrected chi connectivity index (χ3v) is 5.70. The first kappa shape index (κ1) is 15.1. The number of benzene rings is 1. The summed E-state index contributed by atoms with van der Waals surface area (Å²) in [7, 11) is 0. The van der Waals surface area contributed by atoms with Crippen LogP contribution in [0.1, 0.15) is 55.2 Å². The lowest BCUT2D eigenvalue weighted by atomic mass is 9.78. The van der Waals surface area contributed by atoms with Gasteiger partial charge in [0.2, 0.25) is 0 Å². The maximum Gasteiger partial charge on any atom is -0.000555 e. The Morgan fingerprint density at radius 1 is 1.14 bits per heavy atom. The number of nitrogens with two attached hydrogens (primary N) is 1. The Labute approximate surface area is 129 Å². The minimum Gasteiger partial charge on any atom is -0.330 e. The van der Waals surface area contributed by atoms with Gasteiger partial charge >= 0.3 is 0 Å². The Bertz CT molecular complexity index is 461. The molecule has 1 atom stereocenters. The van der Waals surface area contributed by atoms with Gasteiger partial charge in [0, 0.05) is 0 Å². The third-order valence-electron chi connectivity index (χ3n) is 5.70. The van der Waals surface area contributed by atoms with Gasteiger partial charge in [-0.3, -0.25) is 0 Å². The fourth-order valence-electron chi connectivity index (χ4n) is 4.26. The molecular weight excluding hydrogens is 256 g/mol. The highest BCUT2D eigenvalue weighted by atomic mass is 15.1. The van der Waals surface area contributed by atoms with Gasteiger partial charge in [0.25, 0.3) is 0 Å². The molecule has 1 aromatic carbocycles. The summed E-state index contributed by atoms with van der Waals surface area (Å²) in [4.78, 5) is 2.57. The summed E-state index contributed by atoms with van der Waals surface area (Å²) in [5.41, 5.74) is 10.9. The van der Waals surface area contributed by atoms with Crippen LogP contribution in [0.5, 0.6) is 0 Å². The Balaban J connectivity index is 1.74. The number of hydrogen-bond donors (Lipinski definition) is 1. The highest BCUT2D eigenvalue weighted by molar-refractivity contribution is 5.36. The van der Waals surface area contributed by atoms with Crippen molar-refractivity contribution in [2.24, 2.45) is 11.7 Å². The summed E-state index contributed by atoms with van der Waals surface area (Å²) in [5, 5.41) is 0. The molecule has 2 nitrogen and oxygen atoms in total. The van der Waals surface area contributed by atoms with Gasteiger partial charge < -0.3 is 10.6 Å². The molecular formula is C19H30N2. The first-order valence-corrected chi connectivity index (χ1v) is 8.86. The van der Waals surface area contributed by atoms with Crippen LogP contribution in [-0.2, 0) is 12.8 Å². The van der Waals surface area contributed by atoms with E-state index >= 15 is 0 Å². The quantitative estimate of drug-likeness (QED) is 0.920. The molecule has 116 valence electrons. The average Bonchev–Trinajstić information content (AvgIpc) is 2.56. The number of nitrogens with zero attached hydrogens (tertiary/aromatic N) is 1. The second-order valence-corrected chi connectivity index (χ2v) is 6.85.